The predicted octanol–water partition coefficient (Wildman–Crippen LogP) is 3.40. The van der Waals surface area contributed by atoms with E-state index < -0.39 is 10.0 Å². The lowest BCUT2D eigenvalue weighted by molar-refractivity contribution is 0.582. The van der Waals surface area contributed by atoms with Gasteiger partial charge in [-0.15, -0.1) is 0 Å². The van der Waals surface area contributed by atoms with Crippen molar-refractivity contribution in [3.05, 3.63) is 60.7 Å². The first-order chi connectivity index (χ1) is 10.00. The van der Waals surface area contributed by atoms with Gasteiger partial charge in [0.15, 0.2) is 0 Å². The number of nitrogens with zero attached hydrogens (tertiary/aromatic N) is 2. The third-order valence-electron chi connectivity index (χ3n) is 3.43. The molecular weight excluding hydrogens is 284 g/mol. The van der Waals surface area contributed by atoms with Crippen molar-refractivity contribution in [2.75, 3.05) is 0 Å². The van der Waals surface area contributed by atoms with Gasteiger partial charge in [-0.1, -0.05) is 44.2 Å². The average Bonchev–Trinajstić information content (AvgIpc) is 2.97. The van der Waals surface area contributed by atoms with Crippen LogP contribution < -0.4 is 0 Å². The quantitative estimate of drug-likeness (QED) is 0.745. The van der Waals surface area contributed by atoms with Crippen molar-refractivity contribution < 1.29 is 8.42 Å². The molecule has 0 amide bonds. The fourth-order valence-corrected chi connectivity index (χ4v) is 3.81. The van der Waals surface area contributed by atoms with Crippen LogP contribution in [-0.2, 0) is 10.0 Å². The second-order valence-electron chi connectivity index (χ2n) is 5.25. The first-order valence-corrected chi connectivity index (χ1v) is 8.22. The van der Waals surface area contributed by atoms with E-state index in [-0.39, 0.29) is 10.8 Å². The van der Waals surface area contributed by atoms with Gasteiger partial charge >= 0.3 is 0 Å². The van der Waals surface area contributed by atoms with Crippen LogP contribution in [0.2, 0.25) is 0 Å². The summed E-state index contributed by atoms with van der Waals surface area (Å²) >= 11 is 0. The third-order valence-corrected chi connectivity index (χ3v) is 5.11. The lowest BCUT2D eigenvalue weighted by atomic mass is 10.1. The number of hydrogen-bond acceptors (Lipinski definition) is 3. The van der Waals surface area contributed by atoms with Crippen LogP contribution in [-0.4, -0.2) is 17.4 Å². The van der Waals surface area contributed by atoms with Crippen LogP contribution in [0.3, 0.4) is 0 Å². The molecule has 3 rings (SSSR count). The van der Waals surface area contributed by atoms with Crippen LogP contribution in [0.1, 0.15) is 25.6 Å². The molecule has 21 heavy (non-hydrogen) atoms. The minimum atomic E-state index is -3.61. The molecule has 0 bridgehead atoms. The Bertz CT molecular complexity index is 895. The molecule has 4 nitrogen and oxygen atoms in total. The summed E-state index contributed by atoms with van der Waals surface area (Å²) in [5, 5.41) is 1.93. The number of imidazole rings is 1. The summed E-state index contributed by atoms with van der Waals surface area (Å²) < 4.78 is 26.8. The maximum atomic E-state index is 12.8. The standard InChI is InChI=1S/C16H16N2O2S/c1-12(2)16-17-9-10-18(16)21(19,20)15-8-7-13-5-3-4-6-14(13)11-15/h3-12H,1-2H3. The summed E-state index contributed by atoms with van der Waals surface area (Å²) in [5.74, 6) is 0.582. The van der Waals surface area contributed by atoms with E-state index in [0.717, 1.165) is 10.8 Å². The van der Waals surface area contributed by atoms with Crippen molar-refractivity contribution in [1.29, 1.82) is 0 Å². The zero-order valence-corrected chi connectivity index (χ0v) is 12.7. The number of fused-ring (bicyclic) bond motifs is 1. The Morgan fingerprint density at radius 2 is 1.76 bits per heavy atom. The van der Waals surface area contributed by atoms with Gasteiger partial charge in [0.25, 0.3) is 10.0 Å². The summed E-state index contributed by atoms with van der Waals surface area (Å²) in [6.45, 7) is 3.85. The molecule has 0 fully saturated rings. The van der Waals surface area contributed by atoms with Gasteiger partial charge in [-0.25, -0.2) is 17.4 Å². The van der Waals surface area contributed by atoms with Crippen molar-refractivity contribution >= 4 is 20.8 Å². The van der Waals surface area contributed by atoms with E-state index in [9.17, 15) is 8.42 Å². The molecule has 3 aromatic rings. The molecule has 0 N–H and O–H groups in total. The summed E-state index contributed by atoms with van der Waals surface area (Å²) in [6, 6.07) is 12.9. The largest absolute Gasteiger partial charge is 0.269 e. The van der Waals surface area contributed by atoms with E-state index in [1.807, 2.05) is 44.2 Å². The summed E-state index contributed by atoms with van der Waals surface area (Å²) in [6.07, 6.45) is 3.02. The zero-order chi connectivity index (χ0) is 15.0. The second-order valence-corrected chi connectivity index (χ2v) is 7.06. The highest BCUT2D eigenvalue weighted by molar-refractivity contribution is 7.90. The van der Waals surface area contributed by atoms with Crippen LogP contribution in [0.25, 0.3) is 10.8 Å². The maximum Gasteiger partial charge on any atom is 0.269 e. The van der Waals surface area contributed by atoms with Crippen molar-refractivity contribution in [3.8, 4) is 0 Å². The Balaban J connectivity index is 2.18. The van der Waals surface area contributed by atoms with Crippen molar-refractivity contribution in [2.24, 2.45) is 0 Å². The Hall–Kier alpha value is -2.14. The topological polar surface area (TPSA) is 52.0 Å². The Kier molecular flexibility index (Phi) is 3.29. The van der Waals surface area contributed by atoms with Crippen LogP contribution in [0.15, 0.2) is 59.8 Å². The summed E-state index contributed by atoms with van der Waals surface area (Å²) in [7, 11) is -3.61. The molecule has 2 aromatic carbocycles. The molecular formula is C16H16N2O2S. The molecule has 0 atom stereocenters. The van der Waals surface area contributed by atoms with Gasteiger partial charge < -0.3 is 0 Å². The molecule has 0 spiro atoms. The molecule has 108 valence electrons. The third kappa shape index (κ3) is 2.34. The number of aromatic nitrogens is 2. The summed E-state index contributed by atoms with van der Waals surface area (Å²) in [4.78, 5) is 4.43. The predicted molar refractivity (Wildman–Crippen MR) is 82.8 cm³/mol. The average molecular weight is 300 g/mol. The van der Waals surface area contributed by atoms with Gasteiger partial charge in [0.2, 0.25) is 0 Å². The first kappa shape index (κ1) is 13.8. The smallest absolute Gasteiger partial charge is 0.240 e. The SMILES string of the molecule is CC(C)c1nccn1S(=O)(=O)c1ccc2ccccc2c1. The fourth-order valence-electron chi connectivity index (χ4n) is 2.35. The fraction of sp³-hybridized carbons (Fsp3) is 0.188. The molecule has 1 aromatic heterocycles. The Morgan fingerprint density at radius 1 is 1.05 bits per heavy atom. The molecule has 1 heterocycles. The lowest BCUT2D eigenvalue weighted by Gasteiger charge is -2.11. The number of rotatable bonds is 3. The van der Waals surface area contributed by atoms with Gasteiger partial charge in [0.1, 0.15) is 5.82 Å². The van der Waals surface area contributed by atoms with E-state index in [4.69, 9.17) is 0 Å². The number of hydrogen-bond donors (Lipinski definition) is 0. The van der Waals surface area contributed by atoms with Crippen LogP contribution in [0.4, 0.5) is 0 Å². The summed E-state index contributed by atoms with van der Waals surface area (Å²) in [5.41, 5.74) is 0. The highest BCUT2D eigenvalue weighted by atomic mass is 32.2. The van der Waals surface area contributed by atoms with E-state index in [1.54, 1.807) is 12.1 Å². The monoisotopic (exact) mass is 300 g/mol. The molecule has 0 aliphatic rings. The van der Waals surface area contributed by atoms with E-state index >= 15 is 0 Å². The molecule has 0 aliphatic heterocycles. The Morgan fingerprint density at radius 3 is 2.48 bits per heavy atom. The highest BCUT2D eigenvalue weighted by Crippen LogP contribution is 2.23. The molecule has 5 heteroatoms. The molecule has 0 aliphatic carbocycles. The van der Waals surface area contributed by atoms with Crippen LogP contribution >= 0.6 is 0 Å². The minimum Gasteiger partial charge on any atom is -0.240 e. The van der Waals surface area contributed by atoms with Crippen molar-refractivity contribution in [2.45, 2.75) is 24.7 Å². The van der Waals surface area contributed by atoms with Crippen LogP contribution in [0.5, 0.6) is 0 Å². The highest BCUT2D eigenvalue weighted by Gasteiger charge is 2.21. The molecule has 0 saturated carbocycles. The van der Waals surface area contributed by atoms with Gasteiger partial charge in [-0.05, 0) is 22.9 Å². The van der Waals surface area contributed by atoms with Crippen molar-refractivity contribution in [3.63, 3.8) is 0 Å². The van der Waals surface area contributed by atoms with Gasteiger partial charge in [-0.3, -0.25) is 0 Å². The van der Waals surface area contributed by atoms with Gasteiger partial charge in [-0.2, -0.15) is 0 Å². The van der Waals surface area contributed by atoms with E-state index in [2.05, 4.69) is 4.98 Å². The zero-order valence-electron chi connectivity index (χ0n) is 11.9. The molecule has 0 unspecified atom stereocenters. The molecule has 0 radical (unpaired) electrons. The van der Waals surface area contributed by atoms with E-state index in [1.165, 1.54) is 16.4 Å². The Labute approximate surface area is 124 Å². The first-order valence-electron chi connectivity index (χ1n) is 6.78. The molecule has 0 saturated heterocycles. The van der Waals surface area contributed by atoms with Crippen LogP contribution in [0, 0.1) is 0 Å². The van der Waals surface area contributed by atoms with E-state index in [0.29, 0.717) is 5.82 Å². The minimum absolute atomic E-state index is 0.0373. The van der Waals surface area contributed by atoms with Gasteiger partial charge in [0.05, 0.1) is 4.90 Å². The lowest BCUT2D eigenvalue weighted by Crippen LogP contribution is -2.16. The second kappa shape index (κ2) is 5.00. The number of benzene rings is 2. The normalized spacial score (nSPS) is 12.1. The maximum absolute atomic E-state index is 12.8. The van der Waals surface area contributed by atoms with Gasteiger partial charge in [0, 0.05) is 18.3 Å². The van der Waals surface area contributed by atoms with Crippen molar-refractivity contribution in [1.82, 2.24) is 8.96 Å².